The number of likely N-dealkylation sites (tertiary alicyclic amines) is 1. The number of nitrogens with zero attached hydrogens (tertiary/aromatic N) is 4. The number of halogens is 2. The smallest absolute Gasteiger partial charge is 0.410 e. The summed E-state index contributed by atoms with van der Waals surface area (Å²) in [7, 11) is 0. The van der Waals surface area contributed by atoms with Crippen LogP contribution in [0.15, 0.2) is 71.9 Å². The van der Waals surface area contributed by atoms with Crippen molar-refractivity contribution in [3.05, 3.63) is 106 Å². The third-order valence-corrected chi connectivity index (χ3v) is 8.82. The van der Waals surface area contributed by atoms with Crippen LogP contribution < -0.4 is 21.8 Å². The SMILES string of the molecule is CC(C)n1cc(C(=O)Nc2ccc(-c3cc(/C(C=N)=C/NC4CCN(C(=O)OC(C)(C)C)CC4)cnc3N)c(F)c2)c(=O)c(-c2ccc(F)cc2)c1C#N. The summed E-state index contributed by atoms with van der Waals surface area (Å²) in [5.41, 5.74) is 6.17. The van der Waals surface area contributed by atoms with E-state index in [-0.39, 0.29) is 63.2 Å². The van der Waals surface area contributed by atoms with Crippen LogP contribution in [0.5, 0.6) is 0 Å². The molecule has 14 heteroatoms. The van der Waals surface area contributed by atoms with Crippen LogP contribution in [0.3, 0.4) is 0 Å². The van der Waals surface area contributed by atoms with Crippen molar-refractivity contribution in [2.45, 2.75) is 65.1 Å². The fraction of sp³-hybridized carbons (Fsp3) is 0.300. The molecule has 5 rings (SSSR count). The van der Waals surface area contributed by atoms with Gasteiger partial charge in [-0.2, -0.15) is 5.26 Å². The Morgan fingerprint density at radius 2 is 1.78 bits per heavy atom. The zero-order valence-electron chi connectivity index (χ0n) is 30.7. The number of carbonyl (C=O) groups is 2. The standard InChI is InChI=1S/C40H42F2N8O4/c1-23(2)50-22-32(36(51)35(34(50)19-44)24-6-8-27(41)9-7-24)38(52)48-29-10-11-30(33(42)17-29)31-16-25(20-47-37(31)45)26(18-43)21-46-28-12-14-49(15-13-28)39(53)54-40(3,4)5/h6-11,16-18,20-23,28,43,46H,12-15H2,1-5H3,(H2,45,47)(H,48,52)/b26-21+,43-18?. The van der Waals surface area contributed by atoms with Gasteiger partial charge in [-0.05, 0) is 89.4 Å². The van der Waals surface area contributed by atoms with Gasteiger partial charge in [-0.1, -0.05) is 12.1 Å². The number of aromatic nitrogens is 2. The summed E-state index contributed by atoms with van der Waals surface area (Å²) in [6, 6.07) is 12.4. The molecule has 4 aromatic rings. The third-order valence-electron chi connectivity index (χ3n) is 8.82. The first kappa shape index (κ1) is 38.9. The summed E-state index contributed by atoms with van der Waals surface area (Å²) in [4.78, 5) is 45.5. The lowest BCUT2D eigenvalue weighted by atomic mass is 9.99. The molecule has 1 aliphatic rings. The molecule has 0 unspecified atom stereocenters. The molecule has 0 aliphatic carbocycles. The first-order valence-electron chi connectivity index (χ1n) is 17.4. The summed E-state index contributed by atoms with van der Waals surface area (Å²) in [6.45, 7) is 10.1. The number of amides is 2. The van der Waals surface area contributed by atoms with Crippen LogP contribution >= 0.6 is 0 Å². The van der Waals surface area contributed by atoms with E-state index in [1.807, 2.05) is 26.8 Å². The van der Waals surface area contributed by atoms with Gasteiger partial charge in [0.25, 0.3) is 5.91 Å². The lowest BCUT2D eigenvalue weighted by Crippen LogP contribution is -2.45. The number of nitrogen functional groups attached to an aromatic ring is 1. The summed E-state index contributed by atoms with van der Waals surface area (Å²) < 4.78 is 36.4. The molecule has 280 valence electrons. The molecule has 1 aliphatic heterocycles. The maximum Gasteiger partial charge on any atom is 0.410 e. The number of rotatable bonds is 9. The van der Waals surface area contributed by atoms with E-state index in [2.05, 4.69) is 15.6 Å². The number of pyridine rings is 2. The van der Waals surface area contributed by atoms with Crippen molar-refractivity contribution < 1.29 is 23.1 Å². The van der Waals surface area contributed by atoms with Crippen LogP contribution in [0.4, 0.5) is 25.1 Å². The molecular weight excluding hydrogens is 694 g/mol. The minimum Gasteiger partial charge on any atom is -0.444 e. The Kier molecular flexibility index (Phi) is 11.6. The second-order valence-electron chi connectivity index (χ2n) is 14.2. The third kappa shape index (κ3) is 8.80. The van der Waals surface area contributed by atoms with Gasteiger partial charge in [0.05, 0.1) is 5.56 Å². The highest BCUT2D eigenvalue weighted by molar-refractivity contribution is 6.08. The minimum absolute atomic E-state index is 0.0133. The number of nitriles is 1. The van der Waals surface area contributed by atoms with E-state index in [0.29, 0.717) is 37.1 Å². The summed E-state index contributed by atoms with van der Waals surface area (Å²) in [6.07, 6.45) is 6.60. The second kappa shape index (κ2) is 16.1. The van der Waals surface area contributed by atoms with Crippen molar-refractivity contribution in [1.82, 2.24) is 19.8 Å². The molecule has 54 heavy (non-hydrogen) atoms. The molecule has 2 aromatic carbocycles. The first-order valence-corrected chi connectivity index (χ1v) is 17.4. The molecule has 12 nitrogen and oxygen atoms in total. The maximum atomic E-state index is 15.7. The van der Waals surface area contributed by atoms with Gasteiger partial charge in [-0.15, -0.1) is 0 Å². The Labute approximate surface area is 311 Å². The van der Waals surface area contributed by atoms with Gasteiger partial charge >= 0.3 is 6.09 Å². The van der Waals surface area contributed by atoms with Gasteiger partial charge in [-0.3, -0.25) is 9.59 Å². The molecule has 1 saturated heterocycles. The molecule has 0 bridgehead atoms. The van der Waals surface area contributed by atoms with Crippen molar-refractivity contribution in [3.8, 4) is 28.3 Å². The van der Waals surface area contributed by atoms with E-state index >= 15 is 4.39 Å². The van der Waals surface area contributed by atoms with Crippen molar-refractivity contribution in [1.29, 1.82) is 10.7 Å². The molecule has 3 heterocycles. The topological polar surface area (TPSA) is 179 Å². The Bertz CT molecular complexity index is 2210. The van der Waals surface area contributed by atoms with Crippen molar-refractivity contribution >= 4 is 35.3 Å². The number of benzene rings is 2. The molecule has 5 N–H and O–H groups in total. The van der Waals surface area contributed by atoms with E-state index in [4.69, 9.17) is 15.9 Å². The van der Waals surface area contributed by atoms with E-state index in [1.165, 1.54) is 41.2 Å². The average Bonchev–Trinajstić information content (AvgIpc) is 3.12. The number of anilines is 2. The molecular formula is C40H42F2N8O4. The Balaban J connectivity index is 1.35. The highest BCUT2D eigenvalue weighted by Gasteiger charge is 2.27. The molecule has 2 aromatic heterocycles. The predicted molar refractivity (Wildman–Crippen MR) is 204 cm³/mol. The summed E-state index contributed by atoms with van der Waals surface area (Å²) in [5.74, 6) is -2.05. The highest BCUT2D eigenvalue weighted by Crippen LogP contribution is 2.31. The van der Waals surface area contributed by atoms with Gasteiger partial charge in [-0.25, -0.2) is 18.6 Å². The van der Waals surface area contributed by atoms with Gasteiger partial charge in [0, 0.05) is 77.9 Å². The second-order valence-corrected chi connectivity index (χ2v) is 14.2. The number of hydrogen-bond donors (Lipinski definition) is 4. The summed E-state index contributed by atoms with van der Waals surface area (Å²) in [5, 5.41) is 23.9. The number of piperidine rings is 1. The van der Waals surface area contributed by atoms with Gasteiger partial charge < -0.3 is 36.0 Å². The lowest BCUT2D eigenvalue weighted by Gasteiger charge is -2.33. The number of nitrogens with one attached hydrogen (secondary N) is 3. The monoisotopic (exact) mass is 736 g/mol. The largest absolute Gasteiger partial charge is 0.444 e. The fourth-order valence-corrected chi connectivity index (χ4v) is 6.03. The van der Waals surface area contributed by atoms with E-state index in [9.17, 15) is 24.0 Å². The first-order chi connectivity index (χ1) is 25.6. The molecule has 0 atom stereocenters. The number of ether oxygens (including phenoxy) is 1. The quantitative estimate of drug-likeness (QED) is 0.131. The van der Waals surface area contributed by atoms with Crippen LogP contribution in [0.2, 0.25) is 0 Å². The number of hydrogen-bond acceptors (Lipinski definition) is 9. The zero-order chi connectivity index (χ0) is 39.3. The number of allylic oxidation sites excluding steroid dienone is 1. The molecule has 0 saturated carbocycles. The van der Waals surface area contributed by atoms with Crippen molar-refractivity contribution in [3.63, 3.8) is 0 Å². The van der Waals surface area contributed by atoms with Crippen LogP contribution in [0, 0.1) is 28.4 Å². The van der Waals surface area contributed by atoms with Crippen molar-refractivity contribution in [2.75, 3.05) is 24.1 Å². The summed E-state index contributed by atoms with van der Waals surface area (Å²) >= 11 is 0. The predicted octanol–water partition coefficient (Wildman–Crippen LogP) is 7.12. The normalized spacial score (nSPS) is 13.7. The minimum atomic E-state index is -0.832. The van der Waals surface area contributed by atoms with E-state index in [0.717, 1.165) is 24.4 Å². The molecule has 0 radical (unpaired) electrons. The van der Waals surface area contributed by atoms with Crippen LogP contribution in [0.25, 0.3) is 27.8 Å². The number of nitrogens with two attached hydrogens (primary N) is 1. The van der Waals surface area contributed by atoms with Crippen LogP contribution in [0.1, 0.15) is 75.1 Å². The molecule has 2 amide bonds. The zero-order valence-corrected chi connectivity index (χ0v) is 30.7. The van der Waals surface area contributed by atoms with Crippen LogP contribution in [-0.2, 0) is 4.74 Å². The van der Waals surface area contributed by atoms with Gasteiger partial charge in [0.2, 0.25) is 5.43 Å². The van der Waals surface area contributed by atoms with Crippen LogP contribution in [-0.4, -0.2) is 57.4 Å². The van der Waals surface area contributed by atoms with E-state index < -0.39 is 28.6 Å². The Morgan fingerprint density at radius 3 is 2.37 bits per heavy atom. The Hall–Kier alpha value is -6.36. The number of carbonyl (C=O) groups excluding carboxylic acids is 2. The van der Waals surface area contributed by atoms with E-state index in [1.54, 1.807) is 31.0 Å². The lowest BCUT2D eigenvalue weighted by molar-refractivity contribution is 0.0201. The Morgan fingerprint density at radius 1 is 1.09 bits per heavy atom. The maximum absolute atomic E-state index is 15.7. The average molecular weight is 737 g/mol. The van der Waals surface area contributed by atoms with Gasteiger partial charge in [0.1, 0.15) is 40.4 Å². The molecule has 1 fully saturated rings. The highest BCUT2D eigenvalue weighted by atomic mass is 19.1. The fourth-order valence-electron chi connectivity index (χ4n) is 6.03. The molecule has 0 spiro atoms. The van der Waals surface area contributed by atoms with Crippen molar-refractivity contribution in [2.24, 2.45) is 0 Å². The van der Waals surface area contributed by atoms with Gasteiger partial charge in [0.15, 0.2) is 0 Å².